The third kappa shape index (κ3) is 4.70. The van der Waals surface area contributed by atoms with Crippen molar-refractivity contribution in [3.63, 3.8) is 0 Å². The molecule has 31 heavy (non-hydrogen) atoms. The first kappa shape index (κ1) is 21.3. The van der Waals surface area contributed by atoms with Crippen molar-refractivity contribution in [2.75, 3.05) is 6.54 Å². The standard InChI is InChI=1S/C23H23FN2O4S/c24-20-11-3-4-13-22(20)31(28,29)26(15-18-9-6-14-30-18)16-23(27)25-21-12-5-8-17-7-1-2-10-19(17)21/h1-4,6-7,9-11,13-14,21H,5,8,12,15-16H2,(H,25,27). The number of halogens is 1. The maximum absolute atomic E-state index is 14.3. The summed E-state index contributed by atoms with van der Waals surface area (Å²) < 4.78 is 46.8. The number of hydrogen-bond acceptors (Lipinski definition) is 4. The molecular formula is C23H23FN2O4S. The maximum Gasteiger partial charge on any atom is 0.246 e. The molecule has 0 saturated carbocycles. The topological polar surface area (TPSA) is 79.6 Å². The number of furan rings is 1. The summed E-state index contributed by atoms with van der Waals surface area (Å²) in [5, 5.41) is 2.95. The van der Waals surface area contributed by atoms with Gasteiger partial charge in [-0.3, -0.25) is 4.79 Å². The summed E-state index contributed by atoms with van der Waals surface area (Å²) in [6.07, 6.45) is 4.09. The molecule has 1 aromatic heterocycles. The molecule has 0 bridgehead atoms. The zero-order chi connectivity index (χ0) is 21.8. The highest BCUT2D eigenvalue weighted by Gasteiger charge is 2.31. The summed E-state index contributed by atoms with van der Waals surface area (Å²) in [6.45, 7) is -0.631. The first-order valence-electron chi connectivity index (χ1n) is 10.1. The van der Waals surface area contributed by atoms with E-state index in [4.69, 9.17) is 4.42 Å². The molecule has 8 heteroatoms. The Morgan fingerprint density at radius 2 is 1.87 bits per heavy atom. The Labute approximate surface area is 180 Å². The van der Waals surface area contributed by atoms with Crippen molar-refractivity contribution in [2.45, 2.75) is 36.7 Å². The number of fused-ring (bicyclic) bond motifs is 1. The van der Waals surface area contributed by atoms with E-state index in [1.165, 1.54) is 30.0 Å². The van der Waals surface area contributed by atoms with Crippen LogP contribution in [0.1, 0.15) is 35.8 Å². The van der Waals surface area contributed by atoms with E-state index in [1.807, 2.05) is 24.3 Å². The van der Waals surface area contributed by atoms with Gasteiger partial charge < -0.3 is 9.73 Å². The average Bonchev–Trinajstić information content (AvgIpc) is 3.27. The van der Waals surface area contributed by atoms with E-state index in [1.54, 1.807) is 12.1 Å². The van der Waals surface area contributed by atoms with Gasteiger partial charge in [-0.25, -0.2) is 12.8 Å². The highest BCUT2D eigenvalue weighted by atomic mass is 32.2. The van der Waals surface area contributed by atoms with E-state index in [9.17, 15) is 17.6 Å². The second-order valence-corrected chi connectivity index (χ2v) is 9.40. The Morgan fingerprint density at radius 1 is 1.10 bits per heavy atom. The van der Waals surface area contributed by atoms with Crippen LogP contribution in [0.4, 0.5) is 4.39 Å². The molecular weight excluding hydrogens is 419 g/mol. The van der Waals surface area contributed by atoms with Gasteiger partial charge in [0.25, 0.3) is 0 Å². The van der Waals surface area contributed by atoms with Crippen LogP contribution in [0.2, 0.25) is 0 Å². The van der Waals surface area contributed by atoms with Crippen LogP contribution in [0.5, 0.6) is 0 Å². The van der Waals surface area contributed by atoms with Crippen molar-refractivity contribution >= 4 is 15.9 Å². The fraction of sp³-hybridized carbons (Fsp3) is 0.261. The predicted molar refractivity (Wildman–Crippen MR) is 113 cm³/mol. The normalized spacial score (nSPS) is 16.1. The Bertz CT molecular complexity index is 1160. The van der Waals surface area contributed by atoms with E-state index in [-0.39, 0.29) is 12.6 Å². The maximum atomic E-state index is 14.3. The molecule has 162 valence electrons. The predicted octanol–water partition coefficient (Wildman–Crippen LogP) is 3.80. The van der Waals surface area contributed by atoms with E-state index < -0.39 is 33.2 Å². The molecule has 1 aliphatic rings. The zero-order valence-electron chi connectivity index (χ0n) is 16.8. The molecule has 0 saturated heterocycles. The summed E-state index contributed by atoms with van der Waals surface area (Å²) in [7, 11) is -4.27. The van der Waals surface area contributed by atoms with Crippen molar-refractivity contribution in [1.82, 2.24) is 9.62 Å². The van der Waals surface area contributed by atoms with Gasteiger partial charge in [-0.15, -0.1) is 0 Å². The lowest BCUT2D eigenvalue weighted by Crippen LogP contribution is -2.42. The van der Waals surface area contributed by atoms with Crippen LogP contribution in [0.3, 0.4) is 0 Å². The molecule has 1 unspecified atom stereocenters. The molecule has 1 heterocycles. The van der Waals surface area contributed by atoms with Crippen LogP contribution in [0.25, 0.3) is 0 Å². The summed E-state index contributed by atoms with van der Waals surface area (Å²) in [5.41, 5.74) is 2.24. The van der Waals surface area contributed by atoms with Crippen molar-refractivity contribution in [3.8, 4) is 0 Å². The molecule has 2 aromatic carbocycles. The van der Waals surface area contributed by atoms with Gasteiger partial charge in [0, 0.05) is 0 Å². The number of amides is 1. The highest BCUT2D eigenvalue weighted by molar-refractivity contribution is 7.89. The minimum atomic E-state index is -4.27. The first-order chi connectivity index (χ1) is 14.9. The van der Waals surface area contributed by atoms with Crippen LogP contribution < -0.4 is 5.32 Å². The first-order valence-corrected chi connectivity index (χ1v) is 11.5. The van der Waals surface area contributed by atoms with Gasteiger partial charge in [0.15, 0.2) is 0 Å². The number of nitrogens with zero attached hydrogens (tertiary/aromatic N) is 1. The van der Waals surface area contributed by atoms with Gasteiger partial charge in [-0.2, -0.15) is 4.31 Å². The lowest BCUT2D eigenvalue weighted by atomic mass is 9.88. The summed E-state index contributed by atoms with van der Waals surface area (Å²) in [5.74, 6) is -0.961. The van der Waals surface area contributed by atoms with Crippen LogP contribution in [0, 0.1) is 5.82 Å². The van der Waals surface area contributed by atoms with E-state index in [0.29, 0.717) is 5.76 Å². The number of hydrogen-bond donors (Lipinski definition) is 1. The summed E-state index contributed by atoms with van der Waals surface area (Å²) in [6, 6.07) is 16.1. The number of carbonyl (C=O) groups is 1. The number of benzene rings is 2. The summed E-state index contributed by atoms with van der Waals surface area (Å²) in [4.78, 5) is 12.4. The van der Waals surface area contributed by atoms with E-state index >= 15 is 0 Å². The number of carbonyl (C=O) groups excluding carboxylic acids is 1. The monoisotopic (exact) mass is 442 g/mol. The minimum absolute atomic E-state index is 0.181. The van der Waals surface area contributed by atoms with Crippen LogP contribution in [0.15, 0.2) is 76.2 Å². The highest BCUT2D eigenvalue weighted by Crippen LogP contribution is 2.29. The van der Waals surface area contributed by atoms with Crippen molar-refractivity contribution in [3.05, 3.63) is 89.6 Å². The van der Waals surface area contributed by atoms with E-state index in [0.717, 1.165) is 35.2 Å². The number of nitrogens with one attached hydrogen (secondary N) is 1. The Morgan fingerprint density at radius 3 is 2.65 bits per heavy atom. The summed E-state index contributed by atoms with van der Waals surface area (Å²) >= 11 is 0. The second-order valence-electron chi connectivity index (χ2n) is 7.49. The van der Waals surface area contributed by atoms with Gasteiger partial charge in [0.1, 0.15) is 16.5 Å². The third-order valence-corrected chi connectivity index (χ3v) is 7.22. The lowest BCUT2D eigenvalue weighted by Gasteiger charge is -2.28. The van der Waals surface area contributed by atoms with Gasteiger partial charge >= 0.3 is 0 Å². The molecule has 4 rings (SSSR count). The molecule has 3 aromatic rings. The number of aryl methyl sites for hydroxylation is 1. The quantitative estimate of drug-likeness (QED) is 0.604. The molecule has 0 fully saturated rings. The van der Waals surface area contributed by atoms with E-state index in [2.05, 4.69) is 5.32 Å². The van der Waals surface area contributed by atoms with Crippen LogP contribution >= 0.6 is 0 Å². The molecule has 1 N–H and O–H groups in total. The average molecular weight is 443 g/mol. The smallest absolute Gasteiger partial charge is 0.246 e. The SMILES string of the molecule is O=C(CN(Cc1ccco1)S(=O)(=O)c1ccccc1F)NC1CCCc2ccccc21. The Kier molecular flexibility index (Phi) is 6.20. The Hall–Kier alpha value is -2.97. The molecule has 1 atom stereocenters. The molecule has 0 radical (unpaired) electrons. The second kappa shape index (κ2) is 9.03. The molecule has 0 aliphatic heterocycles. The molecule has 1 aliphatic carbocycles. The molecule has 1 amide bonds. The van der Waals surface area contributed by atoms with Crippen molar-refractivity contribution in [1.29, 1.82) is 0 Å². The zero-order valence-corrected chi connectivity index (χ0v) is 17.6. The minimum Gasteiger partial charge on any atom is -0.468 e. The third-order valence-electron chi connectivity index (χ3n) is 5.39. The van der Waals surface area contributed by atoms with Crippen LogP contribution in [-0.2, 0) is 27.8 Å². The number of sulfonamides is 1. The fourth-order valence-electron chi connectivity index (χ4n) is 3.90. The van der Waals surface area contributed by atoms with Gasteiger partial charge in [0.2, 0.25) is 15.9 Å². The van der Waals surface area contributed by atoms with Gasteiger partial charge in [-0.1, -0.05) is 36.4 Å². The lowest BCUT2D eigenvalue weighted by molar-refractivity contribution is -0.122. The number of rotatable bonds is 7. The molecule has 0 spiro atoms. The van der Waals surface area contributed by atoms with Crippen molar-refractivity contribution < 1.29 is 22.0 Å². The fourth-order valence-corrected chi connectivity index (χ4v) is 5.33. The van der Waals surface area contributed by atoms with Crippen LogP contribution in [-0.4, -0.2) is 25.2 Å². The van der Waals surface area contributed by atoms with Crippen molar-refractivity contribution in [2.24, 2.45) is 0 Å². The Balaban J connectivity index is 1.57. The van der Waals surface area contributed by atoms with Gasteiger partial charge in [0.05, 0.1) is 25.4 Å². The van der Waals surface area contributed by atoms with Gasteiger partial charge in [-0.05, 0) is 54.7 Å². The largest absolute Gasteiger partial charge is 0.468 e. The molecule has 6 nitrogen and oxygen atoms in total.